The fraction of sp³-hybridized carbons (Fsp3) is 0.667. The van der Waals surface area contributed by atoms with Gasteiger partial charge in [0.15, 0.2) is 0 Å². The lowest BCUT2D eigenvalue weighted by Crippen LogP contribution is -2.27. The zero-order chi connectivity index (χ0) is 12.7. The largest absolute Gasteiger partial charge is 0.348 e. The predicted molar refractivity (Wildman–Crippen MR) is 71.2 cm³/mol. The van der Waals surface area contributed by atoms with Crippen LogP contribution in [-0.2, 0) is 11.2 Å². The van der Waals surface area contributed by atoms with Crippen LogP contribution in [-0.4, -0.2) is 24.5 Å². The fourth-order valence-corrected chi connectivity index (χ4v) is 2.34. The molecule has 0 aliphatic rings. The van der Waals surface area contributed by atoms with Gasteiger partial charge >= 0.3 is 0 Å². The Hall–Kier alpha value is -0.940. The molecule has 0 spiro atoms. The van der Waals surface area contributed by atoms with E-state index >= 15 is 0 Å². The number of thiazole rings is 1. The van der Waals surface area contributed by atoms with Gasteiger partial charge in [-0.3, -0.25) is 4.79 Å². The van der Waals surface area contributed by atoms with E-state index in [1.807, 2.05) is 19.4 Å². The number of carbonyl (C=O) groups excluding carboxylic acids is 1. The third-order valence-electron chi connectivity index (χ3n) is 2.52. The quantitative estimate of drug-likeness (QED) is 0.732. The van der Waals surface area contributed by atoms with E-state index in [1.54, 1.807) is 11.3 Å². The van der Waals surface area contributed by atoms with E-state index in [0.717, 1.165) is 30.1 Å². The molecule has 0 bridgehead atoms. The lowest BCUT2D eigenvalue weighted by atomic mass is 10.2. The second kappa shape index (κ2) is 7.40. The van der Waals surface area contributed by atoms with Gasteiger partial charge in [-0.05, 0) is 33.4 Å². The molecule has 2 N–H and O–H groups in total. The van der Waals surface area contributed by atoms with E-state index in [9.17, 15) is 4.79 Å². The first kappa shape index (κ1) is 14.1. The third-order valence-corrected chi connectivity index (χ3v) is 3.54. The van der Waals surface area contributed by atoms with E-state index < -0.39 is 0 Å². The van der Waals surface area contributed by atoms with Crippen molar-refractivity contribution in [2.75, 3.05) is 13.6 Å². The zero-order valence-electron chi connectivity index (χ0n) is 10.7. The van der Waals surface area contributed by atoms with E-state index in [1.165, 1.54) is 0 Å². The van der Waals surface area contributed by atoms with E-state index in [2.05, 4.69) is 22.5 Å². The van der Waals surface area contributed by atoms with Gasteiger partial charge in [0.25, 0.3) is 0 Å². The molecule has 4 nitrogen and oxygen atoms in total. The maximum absolute atomic E-state index is 11.6. The van der Waals surface area contributed by atoms with Gasteiger partial charge in [0.05, 0.1) is 16.7 Å². The number of amides is 1. The first-order valence-corrected chi connectivity index (χ1v) is 6.93. The third kappa shape index (κ3) is 4.83. The van der Waals surface area contributed by atoms with Gasteiger partial charge in [0.2, 0.25) is 5.91 Å². The highest BCUT2D eigenvalue weighted by molar-refractivity contribution is 7.09. The van der Waals surface area contributed by atoms with E-state index in [-0.39, 0.29) is 11.9 Å². The van der Waals surface area contributed by atoms with Crippen molar-refractivity contribution in [3.63, 3.8) is 0 Å². The molecule has 17 heavy (non-hydrogen) atoms. The summed E-state index contributed by atoms with van der Waals surface area (Å²) in [5, 5.41) is 9.15. The summed E-state index contributed by atoms with van der Waals surface area (Å²) in [5.74, 6) is 0.0961. The molecule has 1 amide bonds. The average Bonchev–Trinajstić information content (AvgIpc) is 2.78. The zero-order valence-corrected chi connectivity index (χ0v) is 11.6. The highest BCUT2D eigenvalue weighted by Gasteiger charge is 2.12. The number of nitrogens with zero attached hydrogens (tertiary/aromatic N) is 1. The molecule has 1 heterocycles. The summed E-state index contributed by atoms with van der Waals surface area (Å²) in [6, 6.07) is 0.00800. The van der Waals surface area contributed by atoms with Crippen LogP contribution in [0.2, 0.25) is 0 Å². The SMILES string of the molecule is CCc1nc(C(C)NC(=O)CCCNC)cs1. The smallest absolute Gasteiger partial charge is 0.220 e. The van der Waals surface area contributed by atoms with Crippen molar-refractivity contribution in [1.82, 2.24) is 15.6 Å². The molecule has 1 atom stereocenters. The van der Waals surface area contributed by atoms with Crippen LogP contribution in [0.15, 0.2) is 5.38 Å². The molecule has 1 aromatic rings. The Bertz CT molecular complexity index is 351. The van der Waals surface area contributed by atoms with Crippen LogP contribution in [0.1, 0.15) is 43.4 Å². The summed E-state index contributed by atoms with van der Waals surface area (Å²) in [4.78, 5) is 16.1. The number of aromatic nitrogens is 1. The van der Waals surface area contributed by atoms with Crippen molar-refractivity contribution < 1.29 is 4.79 Å². The lowest BCUT2D eigenvalue weighted by Gasteiger charge is -2.11. The normalized spacial score (nSPS) is 12.4. The Labute approximate surface area is 107 Å². The summed E-state index contributed by atoms with van der Waals surface area (Å²) >= 11 is 1.65. The van der Waals surface area contributed by atoms with Crippen molar-refractivity contribution in [2.24, 2.45) is 0 Å². The number of hydrogen-bond acceptors (Lipinski definition) is 4. The van der Waals surface area contributed by atoms with Crippen LogP contribution < -0.4 is 10.6 Å². The molecule has 1 unspecified atom stereocenters. The molecule has 0 radical (unpaired) electrons. The maximum Gasteiger partial charge on any atom is 0.220 e. The number of hydrogen-bond donors (Lipinski definition) is 2. The monoisotopic (exact) mass is 255 g/mol. The molecular formula is C12H21N3OS. The molecule has 96 valence electrons. The molecule has 0 fully saturated rings. The summed E-state index contributed by atoms with van der Waals surface area (Å²) in [6.45, 7) is 4.94. The van der Waals surface area contributed by atoms with Crippen molar-refractivity contribution in [1.29, 1.82) is 0 Å². The minimum Gasteiger partial charge on any atom is -0.348 e. The summed E-state index contributed by atoms with van der Waals surface area (Å²) in [6.07, 6.45) is 2.38. The van der Waals surface area contributed by atoms with E-state index in [0.29, 0.717) is 6.42 Å². The van der Waals surface area contributed by atoms with Crippen molar-refractivity contribution >= 4 is 17.2 Å². The topological polar surface area (TPSA) is 54.0 Å². The minimum atomic E-state index is 0.00800. The standard InChI is InChI=1S/C12H21N3OS/c1-4-12-15-10(8-17-12)9(2)14-11(16)6-5-7-13-3/h8-9,13H,4-7H2,1-3H3,(H,14,16). The molecule has 1 rings (SSSR count). The molecule has 0 saturated carbocycles. The molecule has 0 aliphatic heterocycles. The number of carbonyl (C=O) groups is 1. The lowest BCUT2D eigenvalue weighted by molar-refractivity contribution is -0.121. The average molecular weight is 255 g/mol. The van der Waals surface area contributed by atoms with Crippen LogP contribution in [0.4, 0.5) is 0 Å². The van der Waals surface area contributed by atoms with Gasteiger partial charge in [-0.2, -0.15) is 0 Å². The molecule has 0 aliphatic carbocycles. The summed E-state index contributed by atoms with van der Waals surface area (Å²) < 4.78 is 0. The van der Waals surface area contributed by atoms with E-state index in [4.69, 9.17) is 0 Å². The number of aryl methyl sites for hydroxylation is 1. The van der Waals surface area contributed by atoms with Crippen LogP contribution >= 0.6 is 11.3 Å². The number of nitrogens with one attached hydrogen (secondary N) is 2. The molecular weight excluding hydrogens is 234 g/mol. The fourth-order valence-electron chi connectivity index (χ4n) is 1.50. The van der Waals surface area contributed by atoms with Gasteiger partial charge in [-0.1, -0.05) is 6.92 Å². The second-order valence-electron chi connectivity index (χ2n) is 4.02. The first-order valence-electron chi connectivity index (χ1n) is 6.05. The van der Waals surface area contributed by atoms with Crippen LogP contribution in [0.25, 0.3) is 0 Å². The molecule has 0 saturated heterocycles. The Morgan fingerprint density at radius 2 is 2.35 bits per heavy atom. The number of rotatable bonds is 7. The second-order valence-corrected chi connectivity index (χ2v) is 4.96. The van der Waals surface area contributed by atoms with Crippen LogP contribution in [0, 0.1) is 0 Å². The first-order chi connectivity index (χ1) is 8.17. The molecule has 0 aromatic carbocycles. The van der Waals surface area contributed by atoms with Crippen molar-refractivity contribution in [2.45, 2.75) is 39.2 Å². The summed E-state index contributed by atoms with van der Waals surface area (Å²) in [5.41, 5.74) is 0.966. The van der Waals surface area contributed by atoms with Gasteiger partial charge in [-0.25, -0.2) is 4.98 Å². The highest BCUT2D eigenvalue weighted by atomic mass is 32.1. The molecule has 5 heteroatoms. The van der Waals surface area contributed by atoms with Crippen LogP contribution in [0.3, 0.4) is 0 Å². The summed E-state index contributed by atoms with van der Waals surface area (Å²) in [7, 11) is 1.89. The Kier molecular flexibility index (Phi) is 6.15. The Morgan fingerprint density at radius 3 is 2.94 bits per heavy atom. The van der Waals surface area contributed by atoms with Crippen molar-refractivity contribution in [3.8, 4) is 0 Å². The van der Waals surface area contributed by atoms with Gasteiger partial charge in [-0.15, -0.1) is 11.3 Å². The maximum atomic E-state index is 11.6. The van der Waals surface area contributed by atoms with Crippen molar-refractivity contribution in [3.05, 3.63) is 16.1 Å². The van der Waals surface area contributed by atoms with Gasteiger partial charge in [0.1, 0.15) is 0 Å². The minimum absolute atomic E-state index is 0.00800. The van der Waals surface area contributed by atoms with Gasteiger partial charge in [0, 0.05) is 11.8 Å². The predicted octanol–water partition coefficient (Wildman–Crippen LogP) is 1.88. The Balaban J connectivity index is 2.37. The highest BCUT2D eigenvalue weighted by Crippen LogP contribution is 2.16. The molecule has 1 aromatic heterocycles. The Morgan fingerprint density at radius 1 is 1.59 bits per heavy atom. The van der Waals surface area contributed by atoms with Gasteiger partial charge < -0.3 is 10.6 Å². The van der Waals surface area contributed by atoms with Crippen LogP contribution in [0.5, 0.6) is 0 Å².